The number of piperazine rings is 1. The van der Waals surface area contributed by atoms with Gasteiger partial charge in [0.15, 0.2) is 0 Å². The van der Waals surface area contributed by atoms with Crippen LogP contribution in [0.25, 0.3) is 0 Å². The lowest BCUT2D eigenvalue weighted by molar-refractivity contribution is 0.0746. The fourth-order valence-electron chi connectivity index (χ4n) is 4.44. The normalized spacial score (nSPS) is 15.6. The van der Waals surface area contributed by atoms with Crippen molar-refractivity contribution in [2.75, 3.05) is 54.4 Å². The summed E-state index contributed by atoms with van der Waals surface area (Å²) in [6.45, 7) is 4.73. The molecule has 0 atom stereocenters. The van der Waals surface area contributed by atoms with Gasteiger partial charge in [-0.25, -0.2) is 4.98 Å². The highest BCUT2D eigenvalue weighted by atomic mass is 35.5. The van der Waals surface area contributed by atoms with Crippen LogP contribution < -0.4 is 15.1 Å². The number of aromatic nitrogens is 1. The number of fused-ring (bicyclic) bond motifs is 1. The summed E-state index contributed by atoms with van der Waals surface area (Å²) in [4.78, 5) is 24.1. The Bertz CT molecular complexity index is 1260. The van der Waals surface area contributed by atoms with Crippen LogP contribution in [0.4, 0.5) is 17.2 Å². The molecule has 2 aliphatic rings. The maximum absolute atomic E-state index is 13.3. The third kappa shape index (κ3) is 5.26. The average molecular weight is 551 g/mol. The Kier molecular flexibility index (Phi) is 7.17. The first-order valence-electron chi connectivity index (χ1n) is 11.3. The number of carbonyl (C=O) groups is 1. The van der Waals surface area contributed by atoms with Crippen molar-refractivity contribution in [3.63, 3.8) is 0 Å². The summed E-state index contributed by atoms with van der Waals surface area (Å²) in [5, 5.41) is 5.68. The Morgan fingerprint density at radius 3 is 2.43 bits per heavy atom. The van der Waals surface area contributed by atoms with E-state index in [2.05, 4.69) is 20.1 Å². The molecule has 10 heteroatoms. The fraction of sp³-hybridized carbons (Fsp3) is 0.280. The smallest absolute Gasteiger partial charge is 0.255 e. The van der Waals surface area contributed by atoms with Crippen LogP contribution in [0.3, 0.4) is 0 Å². The second-order valence-corrected chi connectivity index (χ2v) is 10.2. The maximum atomic E-state index is 13.3. The number of hydrogen-bond acceptors (Lipinski definition) is 5. The van der Waals surface area contributed by atoms with Gasteiger partial charge < -0.3 is 20.0 Å². The second-order valence-electron chi connectivity index (χ2n) is 8.55. The van der Waals surface area contributed by atoms with Gasteiger partial charge in [0, 0.05) is 67.7 Å². The van der Waals surface area contributed by atoms with E-state index < -0.39 is 0 Å². The Balaban J connectivity index is 1.30. The summed E-state index contributed by atoms with van der Waals surface area (Å²) in [7, 11) is 0. The first-order valence-corrected chi connectivity index (χ1v) is 12.8. The van der Waals surface area contributed by atoms with E-state index in [4.69, 9.17) is 46.4 Å². The molecule has 35 heavy (non-hydrogen) atoms. The fourth-order valence-corrected chi connectivity index (χ4v) is 5.11. The van der Waals surface area contributed by atoms with Crippen LogP contribution in [-0.2, 0) is 6.54 Å². The van der Waals surface area contributed by atoms with Crippen molar-refractivity contribution in [3.05, 3.63) is 79.9 Å². The van der Waals surface area contributed by atoms with E-state index in [1.807, 2.05) is 29.2 Å². The number of pyridine rings is 1. The third-order valence-electron chi connectivity index (χ3n) is 6.33. The molecule has 0 radical (unpaired) electrons. The molecule has 0 spiro atoms. The van der Waals surface area contributed by atoms with Gasteiger partial charge >= 0.3 is 0 Å². The van der Waals surface area contributed by atoms with Gasteiger partial charge in [0.1, 0.15) is 5.82 Å². The van der Waals surface area contributed by atoms with E-state index in [-0.39, 0.29) is 5.91 Å². The van der Waals surface area contributed by atoms with Crippen molar-refractivity contribution in [1.29, 1.82) is 0 Å². The molecule has 0 bridgehead atoms. The molecular weight excluding hydrogens is 528 g/mol. The minimum atomic E-state index is -0.0274. The number of hydrogen-bond donors (Lipinski definition) is 1. The van der Waals surface area contributed by atoms with Crippen LogP contribution in [0.5, 0.6) is 0 Å². The molecule has 3 heterocycles. The standard InChI is InChI=1S/C25H23Cl4N5O/c26-18-1-3-20(27)17(11-18)15-34-6-5-30-24-23(34)12-16(14-31-24)25(35)33-9-7-32(8-10-33)19-2-4-21(28)22(29)13-19/h1-4,11-14H,5-10,15H2,(H,30,31). The van der Waals surface area contributed by atoms with Crippen LogP contribution in [0, 0.1) is 0 Å². The number of benzene rings is 2. The minimum absolute atomic E-state index is 0.0274. The Labute approximate surface area is 224 Å². The molecule has 0 unspecified atom stereocenters. The van der Waals surface area contributed by atoms with E-state index in [9.17, 15) is 4.79 Å². The van der Waals surface area contributed by atoms with Gasteiger partial charge in [-0.2, -0.15) is 0 Å². The molecule has 1 N–H and O–H groups in total. The van der Waals surface area contributed by atoms with Crippen molar-refractivity contribution >= 4 is 69.5 Å². The molecule has 0 saturated carbocycles. The molecular formula is C25H23Cl4N5O. The highest BCUT2D eigenvalue weighted by Gasteiger charge is 2.26. The highest BCUT2D eigenvalue weighted by Crippen LogP contribution is 2.32. The van der Waals surface area contributed by atoms with Gasteiger partial charge in [-0.05, 0) is 48.0 Å². The quantitative estimate of drug-likeness (QED) is 0.426. The zero-order valence-corrected chi connectivity index (χ0v) is 21.8. The zero-order valence-electron chi connectivity index (χ0n) is 18.8. The molecule has 5 rings (SSSR count). The van der Waals surface area contributed by atoms with Crippen LogP contribution in [0.15, 0.2) is 48.7 Å². The van der Waals surface area contributed by atoms with Gasteiger partial charge in [-0.3, -0.25) is 4.79 Å². The monoisotopic (exact) mass is 549 g/mol. The van der Waals surface area contributed by atoms with Gasteiger partial charge in [0.05, 0.1) is 21.3 Å². The second kappa shape index (κ2) is 10.3. The predicted molar refractivity (Wildman–Crippen MR) is 145 cm³/mol. The zero-order chi connectivity index (χ0) is 24.5. The van der Waals surface area contributed by atoms with Gasteiger partial charge in [-0.15, -0.1) is 0 Å². The van der Waals surface area contributed by atoms with Crippen molar-refractivity contribution in [2.24, 2.45) is 0 Å². The first-order chi connectivity index (χ1) is 16.9. The SMILES string of the molecule is O=C(c1cnc2c(c1)N(Cc1cc(Cl)ccc1Cl)CCN2)N1CCN(c2ccc(Cl)c(Cl)c2)CC1. The number of rotatable bonds is 4. The number of amides is 1. The lowest BCUT2D eigenvalue weighted by atomic mass is 10.1. The minimum Gasteiger partial charge on any atom is -0.368 e. The largest absolute Gasteiger partial charge is 0.368 e. The summed E-state index contributed by atoms with van der Waals surface area (Å²) in [6, 6.07) is 13.0. The van der Waals surface area contributed by atoms with Crippen LogP contribution >= 0.6 is 46.4 Å². The predicted octanol–water partition coefficient (Wildman–Crippen LogP) is 6.09. The Morgan fingerprint density at radius 2 is 1.66 bits per heavy atom. The van der Waals surface area contributed by atoms with Crippen LogP contribution in [-0.4, -0.2) is 55.1 Å². The van der Waals surface area contributed by atoms with Crippen molar-refractivity contribution in [3.8, 4) is 0 Å². The van der Waals surface area contributed by atoms with Crippen molar-refractivity contribution in [1.82, 2.24) is 9.88 Å². The van der Waals surface area contributed by atoms with E-state index >= 15 is 0 Å². The Hall–Kier alpha value is -2.38. The molecule has 1 amide bonds. The topological polar surface area (TPSA) is 51.7 Å². The third-order valence-corrected chi connectivity index (χ3v) is 7.68. The summed E-state index contributed by atoms with van der Waals surface area (Å²) in [5.74, 6) is 0.732. The van der Waals surface area contributed by atoms with E-state index in [0.29, 0.717) is 58.4 Å². The van der Waals surface area contributed by atoms with Crippen LogP contribution in [0.1, 0.15) is 15.9 Å². The molecule has 2 aromatic carbocycles. The first kappa shape index (κ1) is 24.3. The molecule has 6 nitrogen and oxygen atoms in total. The summed E-state index contributed by atoms with van der Waals surface area (Å²) in [5.41, 5.74) is 3.38. The summed E-state index contributed by atoms with van der Waals surface area (Å²) < 4.78 is 0. The number of nitrogens with one attached hydrogen (secondary N) is 1. The molecule has 1 aromatic heterocycles. The molecule has 2 aliphatic heterocycles. The molecule has 0 aliphatic carbocycles. The van der Waals surface area contributed by atoms with E-state index in [1.165, 1.54) is 0 Å². The van der Waals surface area contributed by atoms with Crippen LogP contribution in [0.2, 0.25) is 20.1 Å². The lowest BCUT2D eigenvalue weighted by Crippen LogP contribution is -2.48. The summed E-state index contributed by atoms with van der Waals surface area (Å²) in [6.07, 6.45) is 1.65. The number of halogens is 4. The molecule has 1 fully saturated rings. The van der Waals surface area contributed by atoms with Crippen molar-refractivity contribution in [2.45, 2.75) is 6.54 Å². The number of anilines is 3. The summed E-state index contributed by atoms with van der Waals surface area (Å²) >= 11 is 24.8. The average Bonchev–Trinajstić information content (AvgIpc) is 2.87. The van der Waals surface area contributed by atoms with Gasteiger partial charge in [0.2, 0.25) is 0 Å². The molecule has 1 saturated heterocycles. The Morgan fingerprint density at radius 1 is 0.886 bits per heavy atom. The maximum Gasteiger partial charge on any atom is 0.255 e. The van der Waals surface area contributed by atoms with Gasteiger partial charge in [-0.1, -0.05) is 46.4 Å². The number of carbonyl (C=O) groups excluding carboxylic acids is 1. The van der Waals surface area contributed by atoms with E-state index in [1.54, 1.807) is 24.4 Å². The molecule has 182 valence electrons. The lowest BCUT2D eigenvalue weighted by Gasteiger charge is -2.36. The van der Waals surface area contributed by atoms with Crippen molar-refractivity contribution < 1.29 is 4.79 Å². The number of nitrogens with zero attached hydrogens (tertiary/aromatic N) is 4. The highest BCUT2D eigenvalue weighted by molar-refractivity contribution is 6.42. The molecule has 3 aromatic rings. The van der Waals surface area contributed by atoms with Gasteiger partial charge in [0.25, 0.3) is 5.91 Å². The van der Waals surface area contributed by atoms with E-state index in [0.717, 1.165) is 35.8 Å².